The number of rotatable bonds is 8. The lowest BCUT2D eigenvalue weighted by molar-refractivity contribution is 0.700. The molecule has 6 heteroatoms. The molecule has 1 atom stereocenters. The zero-order chi connectivity index (χ0) is 24.2. The highest BCUT2D eigenvalue weighted by molar-refractivity contribution is 6.01. The van der Waals surface area contributed by atoms with Gasteiger partial charge in [-0.3, -0.25) is 0 Å². The van der Waals surface area contributed by atoms with Crippen LogP contribution in [0.4, 0.5) is 11.5 Å². The Kier molecular flexibility index (Phi) is 6.62. The van der Waals surface area contributed by atoms with Crippen LogP contribution in [-0.2, 0) is 6.54 Å². The summed E-state index contributed by atoms with van der Waals surface area (Å²) in [5.74, 6) is 0.864. The van der Waals surface area contributed by atoms with Gasteiger partial charge in [0.15, 0.2) is 0 Å². The largest absolute Gasteiger partial charge is 0.372 e. The highest BCUT2D eigenvalue weighted by atomic mass is 15.5. The molecule has 5 rings (SSSR count). The molecule has 4 aromatic rings. The van der Waals surface area contributed by atoms with Crippen molar-refractivity contribution in [2.24, 2.45) is 5.10 Å². The molecule has 1 aliphatic rings. The third-order valence-corrected chi connectivity index (χ3v) is 6.69. The summed E-state index contributed by atoms with van der Waals surface area (Å²) in [5.41, 5.74) is 5.58. The number of para-hydroxylation sites is 1. The molecule has 0 bridgehead atoms. The minimum absolute atomic E-state index is 0.0881. The van der Waals surface area contributed by atoms with Crippen molar-refractivity contribution >= 4 is 34.2 Å². The Balaban J connectivity index is 1.49. The first-order valence-electron chi connectivity index (χ1n) is 12.5. The average Bonchev–Trinajstić information content (AvgIpc) is 3.55. The van der Waals surface area contributed by atoms with Crippen molar-refractivity contribution in [1.82, 2.24) is 14.5 Å². The van der Waals surface area contributed by atoms with Crippen LogP contribution in [-0.4, -0.2) is 33.3 Å². The number of anilines is 2. The minimum Gasteiger partial charge on any atom is -0.372 e. The normalized spacial score (nSPS) is 15.8. The Morgan fingerprint density at radius 2 is 1.74 bits per heavy atom. The third-order valence-electron chi connectivity index (χ3n) is 6.69. The Morgan fingerprint density at radius 1 is 0.943 bits per heavy atom. The summed E-state index contributed by atoms with van der Waals surface area (Å²) in [7, 11) is 0. The molecular formula is C29H32N6. The molecule has 2 aromatic carbocycles. The molecule has 0 amide bonds. The zero-order valence-corrected chi connectivity index (χ0v) is 20.7. The first-order chi connectivity index (χ1) is 17.2. The van der Waals surface area contributed by atoms with Gasteiger partial charge in [-0.25, -0.2) is 15.0 Å². The van der Waals surface area contributed by atoms with Gasteiger partial charge in [-0.05, 0) is 68.8 Å². The first-order valence-corrected chi connectivity index (χ1v) is 12.5. The van der Waals surface area contributed by atoms with Crippen molar-refractivity contribution in [2.75, 3.05) is 23.0 Å². The fourth-order valence-electron chi connectivity index (χ4n) is 4.70. The number of aromatic nitrogens is 3. The number of fused-ring (bicyclic) bond motifs is 1. The van der Waals surface area contributed by atoms with Crippen molar-refractivity contribution in [2.45, 2.75) is 39.8 Å². The molecule has 0 spiro atoms. The number of imidazole rings is 1. The van der Waals surface area contributed by atoms with Gasteiger partial charge >= 0.3 is 0 Å². The number of hydrazone groups is 1. The van der Waals surface area contributed by atoms with Gasteiger partial charge in [-0.1, -0.05) is 30.3 Å². The maximum absolute atomic E-state index is 5.03. The predicted molar refractivity (Wildman–Crippen MR) is 146 cm³/mol. The van der Waals surface area contributed by atoms with Crippen molar-refractivity contribution in [3.63, 3.8) is 0 Å². The fourth-order valence-corrected chi connectivity index (χ4v) is 4.70. The van der Waals surface area contributed by atoms with Crippen LogP contribution in [0.1, 0.15) is 44.5 Å². The molecule has 0 saturated carbocycles. The van der Waals surface area contributed by atoms with Gasteiger partial charge in [0.05, 0.1) is 35.5 Å². The topological polar surface area (TPSA) is 49.6 Å². The van der Waals surface area contributed by atoms with Crippen LogP contribution in [0.15, 0.2) is 84.4 Å². The van der Waals surface area contributed by atoms with Crippen molar-refractivity contribution in [1.29, 1.82) is 0 Å². The highest BCUT2D eigenvalue weighted by Crippen LogP contribution is 2.36. The van der Waals surface area contributed by atoms with E-state index in [-0.39, 0.29) is 6.04 Å². The average molecular weight is 465 g/mol. The van der Waals surface area contributed by atoms with Crippen molar-refractivity contribution < 1.29 is 0 Å². The van der Waals surface area contributed by atoms with E-state index in [2.05, 4.69) is 101 Å². The van der Waals surface area contributed by atoms with Crippen LogP contribution in [0.5, 0.6) is 0 Å². The van der Waals surface area contributed by atoms with Gasteiger partial charge in [-0.2, -0.15) is 5.10 Å². The summed E-state index contributed by atoms with van der Waals surface area (Å²) < 4.78 is 2.12. The molecule has 2 aromatic heterocycles. The lowest BCUT2D eigenvalue weighted by atomic mass is 10.0. The van der Waals surface area contributed by atoms with Crippen LogP contribution >= 0.6 is 0 Å². The summed E-state index contributed by atoms with van der Waals surface area (Å²) in [6.07, 6.45) is 8.79. The number of hydrogen-bond acceptors (Lipinski definition) is 5. The summed E-state index contributed by atoms with van der Waals surface area (Å²) >= 11 is 0. The van der Waals surface area contributed by atoms with Crippen LogP contribution in [0, 0.1) is 0 Å². The van der Waals surface area contributed by atoms with E-state index in [1.165, 1.54) is 11.3 Å². The molecule has 0 saturated heterocycles. The Morgan fingerprint density at radius 3 is 2.51 bits per heavy atom. The highest BCUT2D eigenvalue weighted by Gasteiger charge is 2.29. The first kappa shape index (κ1) is 22.8. The van der Waals surface area contributed by atoms with Gasteiger partial charge in [-0.15, -0.1) is 0 Å². The number of nitrogens with zero attached hydrogens (tertiary/aromatic N) is 6. The maximum Gasteiger partial charge on any atom is 0.150 e. The number of hydrogen-bond donors (Lipinski definition) is 0. The quantitative estimate of drug-likeness (QED) is 0.306. The molecule has 35 heavy (non-hydrogen) atoms. The van der Waals surface area contributed by atoms with E-state index in [0.717, 1.165) is 54.2 Å². The van der Waals surface area contributed by atoms with E-state index >= 15 is 0 Å². The van der Waals surface area contributed by atoms with E-state index in [1.54, 1.807) is 0 Å². The lowest BCUT2D eigenvalue weighted by Crippen LogP contribution is -2.22. The van der Waals surface area contributed by atoms with Gasteiger partial charge < -0.3 is 9.47 Å². The second kappa shape index (κ2) is 10.1. The minimum atomic E-state index is 0.0881. The summed E-state index contributed by atoms with van der Waals surface area (Å²) in [6.45, 7) is 9.40. The fraction of sp³-hybridized carbons (Fsp3) is 0.276. The van der Waals surface area contributed by atoms with E-state index in [9.17, 15) is 0 Å². The molecule has 178 valence electrons. The molecule has 3 heterocycles. The van der Waals surface area contributed by atoms with E-state index < -0.39 is 0 Å². The van der Waals surface area contributed by atoms with Gasteiger partial charge in [0.25, 0.3) is 0 Å². The van der Waals surface area contributed by atoms with Gasteiger partial charge in [0, 0.05) is 37.1 Å². The molecule has 1 aliphatic heterocycles. The summed E-state index contributed by atoms with van der Waals surface area (Å²) in [4.78, 5) is 11.6. The Hall–Kier alpha value is -3.93. The number of pyridine rings is 1. The standard InChI is InChI=1S/C29H32N6/c1-4-33(5-2)25-15-11-23(12-16-25)28-19-24(14-17-26-20-30-21-34(26)6-3)32-35(28)29-18-13-22-9-7-8-10-27(22)31-29/h7-18,20-21,28H,4-6,19H2,1-3H3. The second-order valence-electron chi connectivity index (χ2n) is 8.72. The van der Waals surface area contributed by atoms with Crippen LogP contribution < -0.4 is 9.91 Å². The molecule has 0 radical (unpaired) electrons. The molecule has 6 nitrogen and oxygen atoms in total. The molecule has 0 aliphatic carbocycles. The molecule has 0 N–H and O–H groups in total. The van der Waals surface area contributed by atoms with Crippen molar-refractivity contribution in [3.05, 3.63) is 90.5 Å². The Bertz CT molecular complexity index is 1350. The molecule has 1 unspecified atom stereocenters. The van der Waals surface area contributed by atoms with Crippen LogP contribution in [0.3, 0.4) is 0 Å². The maximum atomic E-state index is 5.03. The predicted octanol–water partition coefficient (Wildman–Crippen LogP) is 6.32. The van der Waals surface area contributed by atoms with Crippen molar-refractivity contribution in [3.8, 4) is 0 Å². The van der Waals surface area contributed by atoms with E-state index in [1.807, 2.05) is 24.7 Å². The summed E-state index contributed by atoms with van der Waals surface area (Å²) in [6, 6.07) is 21.4. The third kappa shape index (κ3) is 4.69. The molecular weight excluding hydrogens is 432 g/mol. The lowest BCUT2D eigenvalue weighted by Gasteiger charge is -2.25. The Labute approximate surface area is 207 Å². The van der Waals surface area contributed by atoms with E-state index in [4.69, 9.17) is 10.1 Å². The zero-order valence-electron chi connectivity index (χ0n) is 20.7. The number of benzene rings is 2. The van der Waals surface area contributed by atoms with Gasteiger partial charge in [0.2, 0.25) is 0 Å². The monoisotopic (exact) mass is 464 g/mol. The molecule has 0 fully saturated rings. The van der Waals surface area contributed by atoms with E-state index in [0.29, 0.717) is 0 Å². The smallest absolute Gasteiger partial charge is 0.150 e. The van der Waals surface area contributed by atoms with Gasteiger partial charge in [0.1, 0.15) is 5.82 Å². The number of allylic oxidation sites excluding steroid dienone is 1. The number of aryl methyl sites for hydroxylation is 1. The second-order valence-corrected chi connectivity index (χ2v) is 8.72. The van der Waals surface area contributed by atoms with Crippen LogP contribution in [0.25, 0.3) is 17.0 Å². The van der Waals surface area contributed by atoms with Crippen LogP contribution in [0.2, 0.25) is 0 Å². The SMILES string of the molecule is CCN(CC)c1ccc(C2CC(C=Cc3cncn3CC)=NN2c2ccc3ccccc3n2)cc1. The summed E-state index contributed by atoms with van der Waals surface area (Å²) in [5, 5.41) is 8.24.